The zero-order valence-corrected chi connectivity index (χ0v) is 11.5. The minimum atomic E-state index is -1.01. The quantitative estimate of drug-likeness (QED) is 0.774. The molecule has 5 heteroatoms. The van der Waals surface area contributed by atoms with E-state index < -0.39 is 5.97 Å². The van der Waals surface area contributed by atoms with Gasteiger partial charge in [0.15, 0.2) is 0 Å². The first-order valence-corrected chi connectivity index (χ1v) is 6.56. The fraction of sp³-hybridized carbons (Fsp3) is 0.125. The molecular formula is C16H14N2O3. The molecule has 106 valence electrons. The van der Waals surface area contributed by atoms with Crippen LogP contribution in [0.3, 0.4) is 0 Å². The number of aromatic amines is 1. The first-order valence-electron chi connectivity index (χ1n) is 6.56. The van der Waals surface area contributed by atoms with Crippen molar-refractivity contribution >= 4 is 17.0 Å². The average Bonchev–Trinajstić information content (AvgIpc) is 2.76. The van der Waals surface area contributed by atoms with Gasteiger partial charge in [-0.25, -0.2) is 9.59 Å². The molecule has 3 rings (SSSR count). The summed E-state index contributed by atoms with van der Waals surface area (Å²) in [5.74, 6) is -1.01. The third-order valence-corrected chi connectivity index (χ3v) is 3.48. The van der Waals surface area contributed by atoms with E-state index in [2.05, 4.69) is 4.98 Å². The smallest absolute Gasteiger partial charge is 0.335 e. The Balaban J connectivity index is 2.06. The number of H-pyrrole nitrogens is 1. The number of carboxylic acid groups (broad SMARTS) is 1. The predicted molar refractivity (Wildman–Crippen MR) is 79.8 cm³/mol. The Morgan fingerprint density at radius 1 is 1.19 bits per heavy atom. The lowest BCUT2D eigenvalue weighted by molar-refractivity contribution is 0.0697. The summed E-state index contributed by atoms with van der Waals surface area (Å²) < 4.78 is 1.60. The number of hydrogen-bond acceptors (Lipinski definition) is 2. The van der Waals surface area contributed by atoms with E-state index in [1.54, 1.807) is 10.6 Å². The molecule has 0 aliphatic rings. The predicted octanol–water partition coefficient (Wildman–Crippen LogP) is 2.38. The van der Waals surface area contributed by atoms with Gasteiger partial charge in [-0.1, -0.05) is 29.8 Å². The van der Waals surface area contributed by atoms with Crippen LogP contribution in [0.1, 0.15) is 21.5 Å². The summed E-state index contributed by atoms with van der Waals surface area (Å²) in [5, 5.41) is 8.98. The van der Waals surface area contributed by atoms with Gasteiger partial charge in [-0.05, 0) is 30.7 Å². The van der Waals surface area contributed by atoms with E-state index in [1.165, 1.54) is 12.1 Å². The van der Waals surface area contributed by atoms with Crippen LogP contribution in [0.5, 0.6) is 0 Å². The van der Waals surface area contributed by atoms with Crippen LogP contribution in [-0.2, 0) is 6.54 Å². The highest BCUT2D eigenvalue weighted by Gasteiger charge is 2.10. The van der Waals surface area contributed by atoms with Crippen molar-refractivity contribution < 1.29 is 9.90 Å². The number of nitrogens with zero attached hydrogens (tertiary/aromatic N) is 1. The largest absolute Gasteiger partial charge is 0.478 e. The molecule has 0 aliphatic carbocycles. The van der Waals surface area contributed by atoms with Gasteiger partial charge in [-0.3, -0.25) is 4.57 Å². The molecule has 0 radical (unpaired) electrons. The molecule has 21 heavy (non-hydrogen) atoms. The van der Waals surface area contributed by atoms with Gasteiger partial charge < -0.3 is 10.1 Å². The third kappa shape index (κ3) is 2.45. The fourth-order valence-electron chi connectivity index (χ4n) is 2.33. The number of fused-ring (bicyclic) bond motifs is 1. The van der Waals surface area contributed by atoms with Crippen molar-refractivity contribution in [3.63, 3.8) is 0 Å². The highest BCUT2D eigenvalue weighted by Crippen LogP contribution is 2.14. The number of rotatable bonds is 3. The van der Waals surface area contributed by atoms with Crippen molar-refractivity contribution in [3.8, 4) is 0 Å². The maximum Gasteiger partial charge on any atom is 0.335 e. The summed E-state index contributed by atoms with van der Waals surface area (Å²) in [6, 6.07) is 12.6. The molecule has 0 saturated heterocycles. The Labute approximate surface area is 120 Å². The number of hydrogen-bond donors (Lipinski definition) is 2. The van der Waals surface area contributed by atoms with Crippen LogP contribution in [0.15, 0.2) is 47.3 Å². The zero-order chi connectivity index (χ0) is 15.0. The Morgan fingerprint density at radius 2 is 1.90 bits per heavy atom. The SMILES string of the molecule is Cc1ccc(Cn2c(=O)[nH]c3cc(C(=O)O)ccc32)cc1. The normalized spacial score (nSPS) is 10.9. The summed E-state index contributed by atoms with van der Waals surface area (Å²) in [7, 11) is 0. The number of imidazole rings is 1. The van der Waals surface area contributed by atoms with Crippen molar-refractivity contribution in [2.75, 3.05) is 0 Å². The first kappa shape index (κ1) is 13.2. The summed E-state index contributed by atoms with van der Waals surface area (Å²) in [5.41, 5.74) is 3.33. The van der Waals surface area contributed by atoms with Crippen molar-refractivity contribution in [1.29, 1.82) is 0 Å². The molecule has 1 aromatic heterocycles. The van der Waals surface area contributed by atoms with Crippen molar-refractivity contribution in [2.24, 2.45) is 0 Å². The van der Waals surface area contributed by atoms with Gasteiger partial charge in [0.1, 0.15) is 0 Å². The van der Waals surface area contributed by atoms with Gasteiger partial charge in [0, 0.05) is 0 Å². The van der Waals surface area contributed by atoms with E-state index in [0.29, 0.717) is 17.6 Å². The molecule has 3 aromatic rings. The molecule has 0 aliphatic heterocycles. The minimum absolute atomic E-state index is 0.159. The lowest BCUT2D eigenvalue weighted by Crippen LogP contribution is -2.17. The van der Waals surface area contributed by atoms with E-state index >= 15 is 0 Å². The first-order chi connectivity index (χ1) is 10.0. The van der Waals surface area contributed by atoms with Gasteiger partial charge in [-0.2, -0.15) is 0 Å². The second-order valence-electron chi connectivity index (χ2n) is 5.04. The number of carboxylic acids is 1. The minimum Gasteiger partial charge on any atom is -0.478 e. The molecule has 0 bridgehead atoms. The van der Waals surface area contributed by atoms with Crippen LogP contribution in [-0.4, -0.2) is 20.6 Å². The van der Waals surface area contributed by atoms with Gasteiger partial charge in [-0.15, -0.1) is 0 Å². The Bertz CT molecular complexity index is 873. The maximum absolute atomic E-state index is 12.1. The number of aryl methyl sites for hydroxylation is 1. The van der Waals surface area contributed by atoms with Crippen LogP contribution in [0.4, 0.5) is 0 Å². The lowest BCUT2D eigenvalue weighted by Gasteiger charge is -2.04. The van der Waals surface area contributed by atoms with E-state index in [-0.39, 0.29) is 11.3 Å². The van der Waals surface area contributed by atoms with Crippen LogP contribution in [0.2, 0.25) is 0 Å². The lowest BCUT2D eigenvalue weighted by atomic mass is 10.1. The van der Waals surface area contributed by atoms with Gasteiger partial charge in [0.05, 0.1) is 23.1 Å². The van der Waals surface area contributed by atoms with Gasteiger partial charge >= 0.3 is 11.7 Å². The van der Waals surface area contributed by atoms with Gasteiger partial charge in [0.2, 0.25) is 0 Å². The molecule has 0 saturated carbocycles. The molecule has 0 amide bonds. The molecule has 0 unspecified atom stereocenters. The Kier molecular flexibility index (Phi) is 3.10. The molecule has 0 atom stereocenters. The van der Waals surface area contributed by atoms with Crippen molar-refractivity contribution in [1.82, 2.24) is 9.55 Å². The Morgan fingerprint density at radius 3 is 2.57 bits per heavy atom. The highest BCUT2D eigenvalue weighted by molar-refractivity contribution is 5.92. The molecule has 2 N–H and O–H groups in total. The maximum atomic E-state index is 12.1. The fourth-order valence-corrected chi connectivity index (χ4v) is 2.33. The summed E-state index contributed by atoms with van der Waals surface area (Å²) in [6.45, 7) is 2.46. The van der Waals surface area contributed by atoms with Crippen LogP contribution < -0.4 is 5.69 Å². The molecule has 5 nitrogen and oxygen atoms in total. The Hall–Kier alpha value is -2.82. The summed E-state index contributed by atoms with van der Waals surface area (Å²) in [6.07, 6.45) is 0. The molecule has 1 heterocycles. The summed E-state index contributed by atoms with van der Waals surface area (Å²) >= 11 is 0. The number of aromatic nitrogens is 2. The number of benzene rings is 2. The molecule has 0 spiro atoms. The van der Waals surface area contributed by atoms with Crippen LogP contribution in [0.25, 0.3) is 11.0 Å². The topological polar surface area (TPSA) is 75.1 Å². The molecule has 2 aromatic carbocycles. The van der Waals surface area contributed by atoms with Crippen LogP contribution >= 0.6 is 0 Å². The van der Waals surface area contributed by atoms with E-state index in [4.69, 9.17) is 5.11 Å². The molecule has 0 fully saturated rings. The second kappa shape index (κ2) is 4.94. The van der Waals surface area contributed by atoms with Crippen molar-refractivity contribution in [2.45, 2.75) is 13.5 Å². The van der Waals surface area contributed by atoms with E-state index in [9.17, 15) is 9.59 Å². The second-order valence-corrected chi connectivity index (χ2v) is 5.04. The van der Waals surface area contributed by atoms with Crippen molar-refractivity contribution in [3.05, 3.63) is 69.6 Å². The van der Waals surface area contributed by atoms with Crippen LogP contribution in [0, 0.1) is 6.92 Å². The van der Waals surface area contributed by atoms with E-state index in [0.717, 1.165) is 11.1 Å². The highest BCUT2D eigenvalue weighted by atomic mass is 16.4. The molecular weight excluding hydrogens is 268 g/mol. The standard InChI is InChI=1S/C16H14N2O3/c1-10-2-4-11(5-3-10)9-18-14-7-6-12(15(19)20)8-13(14)17-16(18)21/h2-8H,9H2,1H3,(H,17,21)(H,19,20). The summed E-state index contributed by atoms with van der Waals surface area (Å²) in [4.78, 5) is 25.7. The number of nitrogens with one attached hydrogen (secondary N) is 1. The average molecular weight is 282 g/mol. The third-order valence-electron chi connectivity index (χ3n) is 3.48. The number of aromatic carboxylic acids is 1. The number of carbonyl (C=O) groups is 1. The van der Waals surface area contributed by atoms with E-state index in [1.807, 2.05) is 31.2 Å². The van der Waals surface area contributed by atoms with Gasteiger partial charge in [0.25, 0.3) is 0 Å². The monoisotopic (exact) mass is 282 g/mol. The zero-order valence-electron chi connectivity index (χ0n) is 11.5.